The van der Waals surface area contributed by atoms with E-state index in [1.165, 1.54) is 23.7 Å². The van der Waals surface area contributed by atoms with Gasteiger partial charge in [-0.05, 0) is 43.2 Å². The summed E-state index contributed by atoms with van der Waals surface area (Å²) in [6.07, 6.45) is 7.77. The third kappa shape index (κ3) is 5.88. The van der Waals surface area contributed by atoms with E-state index < -0.39 is 6.04 Å². The number of rotatable bonds is 6. The Morgan fingerprint density at radius 2 is 2.05 bits per heavy atom. The standard InChI is InChI=1S/C28H31ClN10O3/c1-17-3-2-4-25(22-11-18(7-8-32-22)27-23(36-28(17)42)14-35-39(27)9-10-40)37-15-33-21(13-26(37)41)20-12-19(29)5-6-24(20)38(31)16-34-30/h5-8,11-17,25,40H,2-4,9-10,30-31H2,1H3,(H,36,42)/b34-16-/t17-,25+/m1/s1. The third-order valence-electron chi connectivity index (χ3n) is 7.24. The summed E-state index contributed by atoms with van der Waals surface area (Å²) in [7, 11) is 0. The first-order valence-electron chi connectivity index (χ1n) is 13.4. The number of aliphatic hydroxyl groups excluding tert-OH is 1. The Labute approximate surface area is 246 Å². The Morgan fingerprint density at radius 1 is 1.21 bits per heavy atom. The van der Waals surface area contributed by atoms with E-state index in [-0.39, 0.29) is 30.5 Å². The molecule has 0 fully saturated rings. The average molecular weight is 591 g/mol. The zero-order valence-electron chi connectivity index (χ0n) is 22.9. The molecule has 0 spiro atoms. The maximum absolute atomic E-state index is 13.7. The van der Waals surface area contributed by atoms with Gasteiger partial charge in [-0.3, -0.25) is 28.8 Å². The molecule has 218 valence electrons. The van der Waals surface area contributed by atoms with Crippen LogP contribution in [0.15, 0.2) is 65.0 Å². The molecule has 5 rings (SSSR count). The van der Waals surface area contributed by atoms with Crippen molar-refractivity contribution in [1.82, 2.24) is 24.3 Å². The van der Waals surface area contributed by atoms with Crippen molar-refractivity contribution in [1.29, 1.82) is 0 Å². The van der Waals surface area contributed by atoms with Gasteiger partial charge >= 0.3 is 0 Å². The summed E-state index contributed by atoms with van der Waals surface area (Å²) in [6, 6.07) is 9.66. The number of aliphatic hydroxyl groups is 1. The fourth-order valence-electron chi connectivity index (χ4n) is 5.12. The molecule has 4 heterocycles. The SMILES string of the molecule is C[C@@H]1CCC[C@H](n2cnc(-c3cc(Cl)ccc3N(N)/C=N\N)cc2=O)c2cc(ccn2)-c2c(cnn2CCO)NC1=O. The molecule has 0 unspecified atom stereocenters. The number of carbonyl (C=O) groups excluding carboxylic acids is 1. The number of pyridine rings is 1. The monoisotopic (exact) mass is 590 g/mol. The van der Waals surface area contributed by atoms with E-state index in [1.54, 1.807) is 39.8 Å². The van der Waals surface area contributed by atoms with Crippen molar-refractivity contribution >= 4 is 35.2 Å². The maximum Gasteiger partial charge on any atom is 0.254 e. The number of hydrazone groups is 1. The van der Waals surface area contributed by atoms with E-state index in [4.69, 9.17) is 23.3 Å². The lowest BCUT2D eigenvalue weighted by molar-refractivity contribution is -0.119. The minimum atomic E-state index is -0.458. The molecule has 3 aromatic heterocycles. The molecule has 2 bridgehead atoms. The zero-order chi connectivity index (χ0) is 29.8. The van der Waals surface area contributed by atoms with Crippen molar-refractivity contribution in [2.24, 2.45) is 22.7 Å². The predicted octanol–water partition coefficient (Wildman–Crippen LogP) is 2.74. The number of amides is 1. The number of nitrogens with one attached hydrogen (secondary N) is 1. The van der Waals surface area contributed by atoms with Crippen molar-refractivity contribution in [3.8, 4) is 22.5 Å². The molecule has 0 radical (unpaired) electrons. The molecule has 6 N–H and O–H groups in total. The van der Waals surface area contributed by atoms with E-state index in [1.807, 2.05) is 19.1 Å². The smallest absolute Gasteiger partial charge is 0.254 e. The van der Waals surface area contributed by atoms with Crippen molar-refractivity contribution in [3.05, 3.63) is 76.2 Å². The van der Waals surface area contributed by atoms with E-state index >= 15 is 0 Å². The van der Waals surface area contributed by atoms with Crippen molar-refractivity contribution < 1.29 is 9.90 Å². The van der Waals surface area contributed by atoms with E-state index in [2.05, 4.69) is 25.5 Å². The lowest BCUT2D eigenvalue weighted by Gasteiger charge is -2.22. The van der Waals surface area contributed by atoms with Crippen LogP contribution in [0.5, 0.6) is 0 Å². The van der Waals surface area contributed by atoms with Gasteiger partial charge in [-0.1, -0.05) is 24.9 Å². The number of hydrogen-bond donors (Lipinski definition) is 4. The van der Waals surface area contributed by atoms with Gasteiger partial charge in [0, 0.05) is 34.3 Å². The van der Waals surface area contributed by atoms with E-state index in [9.17, 15) is 14.7 Å². The molecule has 1 aliphatic heterocycles. The second-order valence-electron chi connectivity index (χ2n) is 10.0. The number of anilines is 2. The molecular weight excluding hydrogens is 560 g/mol. The lowest BCUT2D eigenvalue weighted by atomic mass is 9.97. The quantitative estimate of drug-likeness (QED) is 0.113. The summed E-state index contributed by atoms with van der Waals surface area (Å²) >= 11 is 6.26. The van der Waals surface area contributed by atoms with Gasteiger partial charge in [-0.15, -0.1) is 0 Å². The highest BCUT2D eigenvalue weighted by Gasteiger charge is 2.24. The Hall–Kier alpha value is -4.59. The number of carbonyl (C=O) groups is 1. The molecule has 0 saturated carbocycles. The summed E-state index contributed by atoms with van der Waals surface area (Å²) in [5.74, 6) is 10.9. The van der Waals surface area contributed by atoms with E-state index in [0.717, 1.165) is 5.56 Å². The van der Waals surface area contributed by atoms with Crippen LogP contribution in [0.4, 0.5) is 11.4 Å². The fraction of sp³-hybridized carbons (Fsp3) is 0.286. The van der Waals surface area contributed by atoms with Crippen LogP contribution >= 0.6 is 11.6 Å². The topological polar surface area (TPSA) is 183 Å². The number of aromatic nitrogens is 5. The largest absolute Gasteiger partial charge is 0.394 e. The lowest BCUT2D eigenvalue weighted by Crippen LogP contribution is -2.30. The first-order chi connectivity index (χ1) is 20.3. The average Bonchev–Trinajstić information content (AvgIpc) is 3.37. The molecule has 1 aliphatic rings. The van der Waals surface area contributed by atoms with Crippen LogP contribution in [-0.4, -0.2) is 48.3 Å². The Kier molecular flexibility index (Phi) is 8.61. The summed E-state index contributed by atoms with van der Waals surface area (Å²) < 4.78 is 3.19. The number of halogens is 1. The molecule has 0 aliphatic carbocycles. The minimum absolute atomic E-state index is 0.123. The van der Waals surface area contributed by atoms with Crippen molar-refractivity contribution in [3.63, 3.8) is 0 Å². The molecule has 13 nitrogen and oxygen atoms in total. The van der Waals surface area contributed by atoms with Crippen molar-refractivity contribution in [2.75, 3.05) is 16.9 Å². The van der Waals surface area contributed by atoms with Gasteiger partial charge in [-0.2, -0.15) is 10.2 Å². The first-order valence-corrected chi connectivity index (χ1v) is 13.8. The van der Waals surface area contributed by atoms with Crippen LogP contribution < -0.4 is 27.6 Å². The highest BCUT2D eigenvalue weighted by molar-refractivity contribution is 6.31. The highest BCUT2D eigenvalue weighted by atomic mass is 35.5. The van der Waals surface area contributed by atoms with Gasteiger partial charge in [0.1, 0.15) is 6.34 Å². The zero-order valence-corrected chi connectivity index (χ0v) is 23.6. The van der Waals surface area contributed by atoms with Gasteiger partial charge in [-0.25, -0.2) is 10.8 Å². The second kappa shape index (κ2) is 12.5. The highest BCUT2D eigenvalue weighted by Crippen LogP contribution is 2.34. The van der Waals surface area contributed by atoms with Gasteiger partial charge in [0.25, 0.3) is 5.56 Å². The summed E-state index contributed by atoms with van der Waals surface area (Å²) in [5.41, 5.74) is 3.68. The molecular formula is C28H31ClN10O3. The Morgan fingerprint density at radius 3 is 2.81 bits per heavy atom. The molecule has 4 aromatic rings. The molecule has 14 heteroatoms. The van der Waals surface area contributed by atoms with E-state index in [0.29, 0.717) is 58.3 Å². The van der Waals surface area contributed by atoms with Crippen LogP contribution in [0, 0.1) is 5.92 Å². The van der Waals surface area contributed by atoms with Crippen LogP contribution in [0.2, 0.25) is 5.02 Å². The van der Waals surface area contributed by atoms with Crippen LogP contribution in [-0.2, 0) is 11.3 Å². The van der Waals surface area contributed by atoms with Crippen LogP contribution in [0.3, 0.4) is 0 Å². The third-order valence-corrected chi connectivity index (χ3v) is 7.48. The molecule has 1 amide bonds. The number of hydrazine groups is 1. The number of fused-ring (bicyclic) bond motifs is 4. The molecule has 42 heavy (non-hydrogen) atoms. The van der Waals surface area contributed by atoms with Gasteiger partial charge in [0.15, 0.2) is 0 Å². The number of nitrogens with two attached hydrogens (primary N) is 2. The molecule has 0 saturated heterocycles. The molecule has 2 atom stereocenters. The molecule has 1 aromatic carbocycles. The van der Waals surface area contributed by atoms with Gasteiger partial charge in [0.2, 0.25) is 5.91 Å². The van der Waals surface area contributed by atoms with Crippen LogP contribution in [0.1, 0.15) is 37.9 Å². The van der Waals surface area contributed by atoms with Crippen molar-refractivity contribution in [2.45, 2.75) is 38.8 Å². The normalized spacial score (nSPS) is 17.3. The van der Waals surface area contributed by atoms with Crippen LogP contribution in [0.25, 0.3) is 22.5 Å². The second-order valence-corrected chi connectivity index (χ2v) is 10.4. The Balaban J connectivity index is 1.60. The first kappa shape index (κ1) is 28.9. The fourth-order valence-corrected chi connectivity index (χ4v) is 5.29. The minimum Gasteiger partial charge on any atom is -0.394 e. The van der Waals surface area contributed by atoms with Gasteiger partial charge in [0.05, 0.1) is 60.2 Å². The predicted molar refractivity (Wildman–Crippen MR) is 161 cm³/mol. The number of hydrogen-bond acceptors (Lipinski definition) is 9. The summed E-state index contributed by atoms with van der Waals surface area (Å²) in [4.78, 5) is 35.9. The van der Waals surface area contributed by atoms with Gasteiger partial charge < -0.3 is 16.3 Å². The summed E-state index contributed by atoms with van der Waals surface area (Å²) in [5, 5.41) is 22.1. The maximum atomic E-state index is 13.7. The summed E-state index contributed by atoms with van der Waals surface area (Å²) in [6.45, 7) is 1.99. The number of benzene rings is 1. The number of nitrogens with zero attached hydrogens (tertiary/aromatic N) is 7. The Bertz CT molecular complexity index is 1680.